The molecule has 3 N–H and O–H groups in total. The van der Waals surface area contributed by atoms with Crippen LogP contribution in [0.2, 0.25) is 0 Å². The maximum atomic E-state index is 13.5. The van der Waals surface area contributed by atoms with E-state index in [1.165, 1.54) is 33.4 Å². The molecule has 6 unspecified atom stereocenters. The van der Waals surface area contributed by atoms with E-state index in [2.05, 4.69) is 0 Å². The van der Waals surface area contributed by atoms with Crippen molar-refractivity contribution in [1.82, 2.24) is 9.80 Å². The number of phenols is 1. The molecule has 1 saturated carbocycles. The van der Waals surface area contributed by atoms with Crippen LogP contribution in [0.15, 0.2) is 29.9 Å². The summed E-state index contributed by atoms with van der Waals surface area (Å²) in [6.45, 7) is 0. The van der Waals surface area contributed by atoms with Gasteiger partial charge in [0.15, 0.2) is 21.2 Å². The van der Waals surface area contributed by atoms with Gasteiger partial charge in [0.05, 0.1) is 26.1 Å². The quantitative estimate of drug-likeness (QED) is 0.312. The number of urea groups is 1. The number of methoxy groups -OCH3 is 2. The molecule has 0 bridgehead atoms. The predicted molar refractivity (Wildman–Crippen MR) is 138 cm³/mol. The minimum Gasteiger partial charge on any atom is -0.502 e. The summed E-state index contributed by atoms with van der Waals surface area (Å²) in [5, 5.41) is 10.3. The largest absolute Gasteiger partial charge is 0.502 e. The number of allylic oxidation sites excluding steroid dienone is 3. The van der Waals surface area contributed by atoms with Crippen molar-refractivity contribution < 1.29 is 38.6 Å². The van der Waals surface area contributed by atoms with Crippen molar-refractivity contribution in [1.29, 1.82) is 0 Å². The van der Waals surface area contributed by atoms with E-state index in [4.69, 9.17) is 38.4 Å². The predicted octanol–water partition coefficient (Wildman–Crippen LogP) is 2.02. The molecule has 1 aromatic carbocycles. The molecular weight excluding hydrogens is 553 g/mol. The Morgan fingerprint density at radius 3 is 2.26 bits per heavy atom. The number of hydrogen-bond acceptors (Lipinski definition) is 8. The fourth-order valence-corrected chi connectivity index (χ4v) is 7.40. The molecule has 6 atom stereocenters. The number of benzene rings is 1. The first-order chi connectivity index (χ1) is 18.3. The van der Waals surface area contributed by atoms with Crippen LogP contribution in [0.5, 0.6) is 17.2 Å². The van der Waals surface area contributed by atoms with Crippen molar-refractivity contribution in [2.75, 3.05) is 21.3 Å². The van der Waals surface area contributed by atoms with E-state index in [9.17, 15) is 29.1 Å². The van der Waals surface area contributed by atoms with Crippen LogP contribution in [0, 0.1) is 23.7 Å². The van der Waals surface area contributed by atoms with Gasteiger partial charge in [-0.25, -0.2) is 4.79 Å². The van der Waals surface area contributed by atoms with Gasteiger partial charge in [0.25, 0.3) is 11.8 Å². The number of aromatic hydroxyl groups is 1. The maximum Gasteiger partial charge on any atom is 0.328 e. The Morgan fingerprint density at radius 2 is 1.69 bits per heavy atom. The topological polar surface area (TPSA) is 157 Å². The number of likely N-dealkylation sites (tertiary alicyclic amines) is 2. The van der Waals surface area contributed by atoms with Crippen LogP contribution >= 0.6 is 23.2 Å². The zero-order valence-corrected chi connectivity index (χ0v) is 22.7. The Balaban J connectivity index is 1.66. The Bertz CT molecular complexity index is 1380. The van der Waals surface area contributed by atoms with Gasteiger partial charge >= 0.3 is 6.03 Å². The summed E-state index contributed by atoms with van der Waals surface area (Å²) in [7, 11) is 4.04. The van der Waals surface area contributed by atoms with Gasteiger partial charge < -0.3 is 20.3 Å². The van der Waals surface area contributed by atoms with Gasteiger partial charge in [-0.15, -0.1) is 23.2 Å². The fraction of sp³-hybridized carbons (Fsp3) is 0.423. The molecule has 3 fully saturated rings. The molecule has 13 heteroatoms. The second-order valence-corrected chi connectivity index (χ2v) is 11.3. The van der Waals surface area contributed by atoms with E-state index in [-0.39, 0.29) is 30.1 Å². The van der Waals surface area contributed by atoms with Gasteiger partial charge in [-0.2, -0.15) is 4.90 Å². The molecule has 4 aliphatic rings. The number of rotatable bonds is 4. The van der Waals surface area contributed by atoms with Crippen LogP contribution in [0.1, 0.15) is 18.4 Å². The maximum absolute atomic E-state index is 13.5. The number of phenolic OH excluding ortho intramolecular Hbond substituents is 1. The first kappa shape index (κ1) is 27.0. The Hall–Kier alpha value is -3.57. The summed E-state index contributed by atoms with van der Waals surface area (Å²) in [5.74, 6) is -6.43. The monoisotopic (exact) mass is 577 g/mol. The van der Waals surface area contributed by atoms with Crippen LogP contribution in [-0.4, -0.2) is 75.6 Å². The number of alkyl halides is 2. The number of carbonyl (C=O) groups excluding carboxylic acids is 5. The van der Waals surface area contributed by atoms with Gasteiger partial charge in [-0.05, 0) is 36.5 Å². The lowest BCUT2D eigenvalue weighted by Gasteiger charge is -2.49. The van der Waals surface area contributed by atoms with Crippen molar-refractivity contribution in [3.05, 3.63) is 35.4 Å². The molecule has 39 heavy (non-hydrogen) atoms. The number of hydrogen-bond donors (Lipinski definition) is 2. The lowest BCUT2D eigenvalue weighted by molar-refractivity contribution is -0.139. The minimum atomic E-state index is -1.94. The first-order valence-corrected chi connectivity index (χ1v) is 12.8. The second kappa shape index (κ2) is 8.99. The number of fused-ring (bicyclic) bond motifs is 4. The molecule has 11 nitrogen and oxygen atoms in total. The molecule has 0 aromatic heterocycles. The average molecular weight is 578 g/mol. The van der Waals surface area contributed by atoms with Crippen molar-refractivity contribution in [2.45, 2.75) is 22.6 Å². The zero-order valence-electron chi connectivity index (χ0n) is 21.1. The summed E-state index contributed by atoms with van der Waals surface area (Å²) in [6, 6.07) is 1.89. The Morgan fingerprint density at radius 1 is 1.08 bits per heavy atom. The summed E-state index contributed by atoms with van der Waals surface area (Å²) in [6.07, 6.45) is 4.85. The van der Waals surface area contributed by atoms with Crippen LogP contribution in [0.4, 0.5) is 4.79 Å². The highest BCUT2D eigenvalue weighted by Gasteiger charge is 2.75. The molecule has 0 spiro atoms. The minimum absolute atomic E-state index is 0.107. The molecule has 2 aliphatic heterocycles. The third kappa shape index (κ3) is 3.45. The van der Waals surface area contributed by atoms with Gasteiger partial charge in [0, 0.05) is 13.0 Å². The fourth-order valence-electron chi connectivity index (χ4n) is 6.43. The van der Waals surface area contributed by atoms with Crippen LogP contribution < -0.4 is 15.2 Å². The van der Waals surface area contributed by atoms with Gasteiger partial charge in [-0.1, -0.05) is 23.8 Å². The average Bonchev–Trinajstić information content (AvgIpc) is 3.23. The molecular formula is C26H25Cl2N3O8. The molecule has 5 rings (SSSR count). The molecule has 2 aliphatic carbocycles. The number of imide groups is 4. The van der Waals surface area contributed by atoms with Crippen molar-refractivity contribution >= 4 is 58.9 Å². The summed E-state index contributed by atoms with van der Waals surface area (Å²) in [5.41, 5.74) is 6.38. The van der Waals surface area contributed by atoms with Crippen LogP contribution in [0.25, 0.3) is 6.08 Å². The summed E-state index contributed by atoms with van der Waals surface area (Å²) >= 11 is 14.0. The van der Waals surface area contributed by atoms with E-state index in [0.29, 0.717) is 16.0 Å². The van der Waals surface area contributed by atoms with E-state index in [1.807, 2.05) is 0 Å². The third-order valence-corrected chi connectivity index (χ3v) is 9.70. The number of nitrogens with two attached hydrogens (primary N) is 1. The number of amides is 6. The zero-order chi connectivity index (χ0) is 28.6. The highest BCUT2D eigenvalue weighted by Crippen LogP contribution is 2.63. The van der Waals surface area contributed by atoms with Gasteiger partial charge in [-0.3, -0.25) is 24.1 Å². The summed E-state index contributed by atoms with van der Waals surface area (Å²) in [4.78, 5) is 62.3. The summed E-state index contributed by atoms with van der Waals surface area (Å²) < 4.78 is 10.4. The SMILES string of the molecule is COc1cc(C=CC2C3=CCC4C(=O)N(C(N)=O)C(=O)C4C3CC3(Cl)C(=O)N(C)C(=O)C23Cl)cc(OC)c1O. The highest BCUT2D eigenvalue weighted by molar-refractivity contribution is 6.53. The third-order valence-electron chi connectivity index (χ3n) is 8.27. The van der Waals surface area contributed by atoms with Crippen molar-refractivity contribution in [2.24, 2.45) is 29.4 Å². The van der Waals surface area contributed by atoms with E-state index in [0.717, 1.165) is 4.90 Å². The van der Waals surface area contributed by atoms with Crippen molar-refractivity contribution in [3.63, 3.8) is 0 Å². The van der Waals surface area contributed by atoms with Crippen molar-refractivity contribution in [3.8, 4) is 17.2 Å². The number of halogens is 2. The van der Waals surface area contributed by atoms with Gasteiger partial charge in [0.1, 0.15) is 0 Å². The Kier molecular flexibility index (Phi) is 6.23. The van der Waals surface area contributed by atoms with Crippen LogP contribution in [0.3, 0.4) is 0 Å². The second-order valence-electron chi connectivity index (χ2n) is 10.0. The molecule has 0 radical (unpaired) electrons. The van der Waals surface area contributed by atoms with E-state index < -0.39 is 63.1 Å². The molecule has 2 saturated heterocycles. The standard InChI is InChI=1S/C26H25Cl2N3O8/c1-30-22(35)25(27)10-14-12(5-6-13-18(14)21(34)31(20(13)33)24(29)37)15(26(25,28)23(30)36)7-4-11-8-16(38-2)19(32)17(9-11)39-3/h4-5,7-9,13-15,18,32H,6,10H2,1-3H3,(H2,29,37). The molecule has 2 heterocycles. The number of primary amides is 1. The van der Waals surface area contributed by atoms with E-state index >= 15 is 0 Å². The molecule has 6 amide bonds. The van der Waals surface area contributed by atoms with Crippen LogP contribution in [-0.2, 0) is 19.2 Å². The normalized spacial score (nSPS) is 33.7. The lowest BCUT2D eigenvalue weighted by Crippen LogP contribution is -2.60. The number of nitrogens with zero attached hydrogens (tertiary/aromatic N) is 2. The number of carbonyl (C=O) groups is 5. The highest BCUT2D eigenvalue weighted by atomic mass is 35.5. The van der Waals surface area contributed by atoms with Gasteiger partial charge in [0.2, 0.25) is 17.6 Å². The Labute approximate surface area is 233 Å². The first-order valence-electron chi connectivity index (χ1n) is 12.0. The molecule has 1 aromatic rings. The lowest BCUT2D eigenvalue weighted by atomic mass is 9.57. The molecule has 206 valence electrons. The van der Waals surface area contributed by atoms with E-state index in [1.54, 1.807) is 18.2 Å². The smallest absolute Gasteiger partial charge is 0.328 e. The number of ether oxygens (including phenoxy) is 2.